The molecular weight excluding hydrogens is 110 g/mol. The van der Waals surface area contributed by atoms with Crippen LogP contribution in [-0.4, -0.2) is 25.4 Å². The molecule has 2 N–H and O–H groups in total. The van der Waals surface area contributed by atoms with Gasteiger partial charge in [-0.05, 0) is 0 Å². The van der Waals surface area contributed by atoms with Crippen LogP contribution in [0.25, 0.3) is 0 Å². The van der Waals surface area contributed by atoms with Gasteiger partial charge in [0.2, 0.25) is 0 Å². The summed E-state index contributed by atoms with van der Waals surface area (Å²) >= 11 is 0. The zero-order valence-corrected chi connectivity index (χ0v) is 4.46. The smallest absolute Gasteiger partial charge is 0.253 e. The molecule has 4 heteroatoms. The molecule has 46 valence electrons. The van der Waals surface area contributed by atoms with E-state index in [1.807, 2.05) is 0 Å². The highest BCUT2D eigenvalue weighted by molar-refractivity contribution is 5.93. The molecule has 0 aliphatic rings. The standard InChI is InChI=1S/C4H7NO3/c1-8-3(2-6)4(5)7/h2-3H,1H3,(H2,5,7). The molecule has 1 atom stereocenters. The number of carbonyl (C=O) groups excluding carboxylic acids is 2. The average molecular weight is 117 g/mol. The Kier molecular flexibility index (Phi) is 2.79. The minimum atomic E-state index is -1.09. The number of nitrogens with two attached hydrogens (primary N) is 1. The van der Waals surface area contributed by atoms with E-state index in [0.29, 0.717) is 6.29 Å². The summed E-state index contributed by atoms with van der Waals surface area (Å²) in [4.78, 5) is 19.8. The monoisotopic (exact) mass is 117 g/mol. The molecule has 0 rings (SSSR count). The van der Waals surface area contributed by atoms with E-state index in [-0.39, 0.29) is 0 Å². The number of methoxy groups -OCH3 is 1. The lowest BCUT2D eigenvalue weighted by atomic mass is 10.4. The first-order valence-electron chi connectivity index (χ1n) is 1.99. The fraction of sp³-hybridized carbons (Fsp3) is 0.500. The van der Waals surface area contributed by atoms with Gasteiger partial charge in [0.25, 0.3) is 5.91 Å². The number of ether oxygens (including phenoxy) is 1. The van der Waals surface area contributed by atoms with Crippen LogP contribution >= 0.6 is 0 Å². The molecular formula is C4H7NO3. The first kappa shape index (κ1) is 7.10. The summed E-state index contributed by atoms with van der Waals surface area (Å²) in [7, 11) is 1.24. The van der Waals surface area contributed by atoms with Gasteiger partial charge in [-0.2, -0.15) is 0 Å². The minimum Gasteiger partial charge on any atom is -0.367 e. The highest BCUT2D eigenvalue weighted by atomic mass is 16.5. The molecule has 0 saturated heterocycles. The second-order valence-electron chi connectivity index (χ2n) is 1.19. The molecule has 1 amide bonds. The fourth-order valence-corrected chi connectivity index (χ4v) is 0.239. The van der Waals surface area contributed by atoms with Crippen molar-refractivity contribution in [3.8, 4) is 0 Å². The van der Waals surface area contributed by atoms with Crippen molar-refractivity contribution >= 4 is 12.2 Å². The van der Waals surface area contributed by atoms with Crippen LogP contribution in [0.4, 0.5) is 0 Å². The van der Waals surface area contributed by atoms with Crippen molar-refractivity contribution in [1.82, 2.24) is 0 Å². The Morgan fingerprint density at radius 2 is 2.38 bits per heavy atom. The largest absolute Gasteiger partial charge is 0.367 e. The number of amides is 1. The van der Waals surface area contributed by atoms with Gasteiger partial charge in [0, 0.05) is 7.11 Å². The molecule has 8 heavy (non-hydrogen) atoms. The molecule has 0 aromatic carbocycles. The van der Waals surface area contributed by atoms with Crippen LogP contribution in [0.15, 0.2) is 0 Å². The first-order valence-corrected chi connectivity index (χ1v) is 1.99. The molecule has 0 spiro atoms. The van der Waals surface area contributed by atoms with E-state index in [9.17, 15) is 9.59 Å². The maximum Gasteiger partial charge on any atom is 0.253 e. The average Bonchev–Trinajstić information content (AvgIpc) is 1.69. The van der Waals surface area contributed by atoms with E-state index in [4.69, 9.17) is 0 Å². The van der Waals surface area contributed by atoms with Crippen molar-refractivity contribution in [2.75, 3.05) is 7.11 Å². The number of hydrogen-bond donors (Lipinski definition) is 1. The Balaban J connectivity index is 3.69. The third-order valence-corrected chi connectivity index (χ3v) is 0.658. The molecule has 4 nitrogen and oxygen atoms in total. The van der Waals surface area contributed by atoms with Gasteiger partial charge in [0.15, 0.2) is 12.4 Å². The molecule has 0 bridgehead atoms. The summed E-state index contributed by atoms with van der Waals surface area (Å²) in [5.74, 6) is -0.762. The topological polar surface area (TPSA) is 69.4 Å². The zero-order chi connectivity index (χ0) is 6.57. The maximum atomic E-state index is 10.0. The quantitative estimate of drug-likeness (QED) is 0.368. The molecule has 0 aliphatic carbocycles. The van der Waals surface area contributed by atoms with Crippen LogP contribution in [0.3, 0.4) is 0 Å². The van der Waals surface area contributed by atoms with Gasteiger partial charge in [-0.1, -0.05) is 0 Å². The van der Waals surface area contributed by atoms with Crippen LogP contribution in [-0.2, 0) is 14.3 Å². The third-order valence-electron chi connectivity index (χ3n) is 0.658. The summed E-state index contributed by atoms with van der Waals surface area (Å²) < 4.78 is 4.32. The summed E-state index contributed by atoms with van der Waals surface area (Å²) in [6.07, 6.45) is -0.738. The molecule has 0 saturated carbocycles. The van der Waals surface area contributed by atoms with Crippen LogP contribution in [0.2, 0.25) is 0 Å². The fourth-order valence-electron chi connectivity index (χ4n) is 0.239. The van der Waals surface area contributed by atoms with Gasteiger partial charge in [0.05, 0.1) is 0 Å². The Morgan fingerprint density at radius 1 is 1.88 bits per heavy atom. The molecule has 1 unspecified atom stereocenters. The molecule has 0 aromatic rings. The predicted octanol–water partition coefficient (Wildman–Crippen LogP) is -1.31. The number of aldehydes is 1. The Labute approximate surface area is 46.6 Å². The lowest BCUT2D eigenvalue weighted by Crippen LogP contribution is -2.31. The highest BCUT2D eigenvalue weighted by Gasteiger charge is 2.10. The third kappa shape index (κ3) is 1.70. The molecule has 0 radical (unpaired) electrons. The van der Waals surface area contributed by atoms with Gasteiger partial charge in [0.1, 0.15) is 0 Å². The predicted molar refractivity (Wildman–Crippen MR) is 26.1 cm³/mol. The van der Waals surface area contributed by atoms with Crippen LogP contribution in [0.1, 0.15) is 0 Å². The van der Waals surface area contributed by atoms with Gasteiger partial charge in [-0.15, -0.1) is 0 Å². The lowest BCUT2D eigenvalue weighted by molar-refractivity contribution is -0.133. The van der Waals surface area contributed by atoms with Crippen LogP contribution < -0.4 is 5.73 Å². The molecule has 0 aliphatic heterocycles. The second-order valence-corrected chi connectivity index (χ2v) is 1.19. The lowest BCUT2D eigenvalue weighted by Gasteiger charge is -1.99. The van der Waals surface area contributed by atoms with E-state index < -0.39 is 12.0 Å². The van der Waals surface area contributed by atoms with Gasteiger partial charge >= 0.3 is 0 Å². The first-order chi connectivity index (χ1) is 3.72. The molecule has 0 heterocycles. The number of carbonyl (C=O) groups is 2. The number of rotatable bonds is 3. The highest BCUT2D eigenvalue weighted by Crippen LogP contribution is 1.79. The van der Waals surface area contributed by atoms with Crippen molar-refractivity contribution in [2.45, 2.75) is 6.10 Å². The minimum absolute atomic E-state index is 0.350. The number of hydrogen-bond acceptors (Lipinski definition) is 3. The summed E-state index contributed by atoms with van der Waals surface area (Å²) in [6, 6.07) is 0. The Morgan fingerprint density at radius 3 is 2.38 bits per heavy atom. The SMILES string of the molecule is COC(C=O)C(N)=O. The summed E-state index contributed by atoms with van der Waals surface area (Å²) in [5, 5.41) is 0. The summed E-state index contributed by atoms with van der Waals surface area (Å²) in [6.45, 7) is 0. The zero-order valence-electron chi connectivity index (χ0n) is 4.46. The summed E-state index contributed by atoms with van der Waals surface area (Å²) in [5.41, 5.74) is 4.66. The van der Waals surface area contributed by atoms with E-state index in [0.717, 1.165) is 0 Å². The molecule has 0 aromatic heterocycles. The Bertz CT molecular complexity index is 101. The normalized spacial score (nSPS) is 12.6. The van der Waals surface area contributed by atoms with E-state index in [1.165, 1.54) is 7.11 Å². The maximum absolute atomic E-state index is 10.0. The van der Waals surface area contributed by atoms with E-state index in [2.05, 4.69) is 10.5 Å². The second kappa shape index (κ2) is 3.15. The van der Waals surface area contributed by atoms with Crippen molar-refractivity contribution in [2.24, 2.45) is 5.73 Å². The van der Waals surface area contributed by atoms with Crippen LogP contribution in [0, 0.1) is 0 Å². The van der Waals surface area contributed by atoms with Crippen molar-refractivity contribution in [1.29, 1.82) is 0 Å². The molecule has 0 fully saturated rings. The van der Waals surface area contributed by atoms with Crippen molar-refractivity contribution < 1.29 is 14.3 Å². The van der Waals surface area contributed by atoms with Gasteiger partial charge in [-0.25, -0.2) is 0 Å². The number of primary amides is 1. The van der Waals surface area contributed by atoms with Crippen LogP contribution in [0.5, 0.6) is 0 Å². The van der Waals surface area contributed by atoms with Crippen molar-refractivity contribution in [3.63, 3.8) is 0 Å². The van der Waals surface area contributed by atoms with E-state index in [1.54, 1.807) is 0 Å². The van der Waals surface area contributed by atoms with Crippen molar-refractivity contribution in [3.05, 3.63) is 0 Å². The van der Waals surface area contributed by atoms with Gasteiger partial charge < -0.3 is 10.5 Å². The van der Waals surface area contributed by atoms with Gasteiger partial charge in [-0.3, -0.25) is 9.59 Å². The van der Waals surface area contributed by atoms with E-state index >= 15 is 0 Å². The Hall–Kier alpha value is -0.900.